The van der Waals surface area contributed by atoms with E-state index in [1.54, 1.807) is 10.4 Å². The molecule has 4 heteroatoms. The van der Waals surface area contributed by atoms with E-state index in [0.717, 1.165) is 24.6 Å². The van der Waals surface area contributed by atoms with Crippen molar-refractivity contribution in [3.05, 3.63) is 16.3 Å². The van der Waals surface area contributed by atoms with E-state index in [-0.39, 0.29) is 0 Å². The SMILES string of the molecule is CCCNc1nc(C2CCC2)nc2sc3c(c12)CCCC3. The fourth-order valence-corrected chi connectivity index (χ4v) is 4.66. The van der Waals surface area contributed by atoms with Gasteiger partial charge in [0.15, 0.2) is 0 Å². The number of hydrogen-bond donors (Lipinski definition) is 1. The minimum Gasteiger partial charge on any atom is -0.369 e. The average molecular weight is 301 g/mol. The van der Waals surface area contributed by atoms with Crippen molar-refractivity contribution in [2.45, 2.75) is 64.2 Å². The Kier molecular flexibility index (Phi) is 3.57. The van der Waals surface area contributed by atoms with Crippen LogP contribution in [0.15, 0.2) is 0 Å². The molecule has 112 valence electrons. The molecule has 0 radical (unpaired) electrons. The van der Waals surface area contributed by atoms with Gasteiger partial charge >= 0.3 is 0 Å². The molecule has 0 aromatic carbocycles. The smallest absolute Gasteiger partial charge is 0.138 e. The van der Waals surface area contributed by atoms with Gasteiger partial charge in [-0.25, -0.2) is 9.97 Å². The molecule has 0 bridgehead atoms. The molecule has 0 aliphatic heterocycles. The fourth-order valence-electron chi connectivity index (χ4n) is 3.39. The first-order valence-corrected chi connectivity index (χ1v) is 9.24. The molecule has 1 N–H and O–H groups in total. The van der Waals surface area contributed by atoms with Crippen molar-refractivity contribution in [2.24, 2.45) is 0 Å². The highest BCUT2D eigenvalue weighted by molar-refractivity contribution is 7.19. The van der Waals surface area contributed by atoms with Crippen LogP contribution in [0.25, 0.3) is 10.2 Å². The van der Waals surface area contributed by atoms with Crippen molar-refractivity contribution in [3.8, 4) is 0 Å². The lowest BCUT2D eigenvalue weighted by Crippen LogP contribution is -2.14. The maximum Gasteiger partial charge on any atom is 0.138 e. The second kappa shape index (κ2) is 5.56. The predicted molar refractivity (Wildman–Crippen MR) is 89.4 cm³/mol. The van der Waals surface area contributed by atoms with E-state index in [1.165, 1.54) is 55.2 Å². The molecule has 0 spiro atoms. The van der Waals surface area contributed by atoms with Crippen LogP contribution in [0.4, 0.5) is 5.82 Å². The van der Waals surface area contributed by atoms with Crippen LogP contribution >= 0.6 is 11.3 Å². The Balaban J connectivity index is 1.84. The van der Waals surface area contributed by atoms with Crippen LogP contribution in [0.5, 0.6) is 0 Å². The van der Waals surface area contributed by atoms with E-state index in [2.05, 4.69) is 12.2 Å². The maximum absolute atomic E-state index is 4.94. The second-order valence-corrected chi connectivity index (χ2v) is 7.46. The minimum absolute atomic E-state index is 0.607. The first-order chi connectivity index (χ1) is 10.4. The number of hydrogen-bond acceptors (Lipinski definition) is 4. The Hall–Kier alpha value is -1.16. The zero-order valence-electron chi connectivity index (χ0n) is 12.7. The standard InChI is InChI=1S/C17H23N3S/c1-2-10-18-16-14-12-8-3-4-9-13(12)21-17(14)20-15(19-16)11-6-5-7-11/h11H,2-10H2,1H3,(H,18,19,20). The van der Waals surface area contributed by atoms with Crippen LogP contribution in [-0.2, 0) is 12.8 Å². The molecule has 0 unspecified atom stereocenters. The predicted octanol–water partition coefficient (Wildman–Crippen LogP) is 4.66. The Labute approximate surface area is 130 Å². The monoisotopic (exact) mass is 301 g/mol. The second-order valence-electron chi connectivity index (χ2n) is 6.38. The van der Waals surface area contributed by atoms with Crippen molar-refractivity contribution in [1.82, 2.24) is 9.97 Å². The van der Waals surface area contributed by atoms with E-state index >= 15 is 0 Å². The summed E-state index contributed by atoms with van der Waals surface area (Å²) in [7, 11) is 0. The molecule has 1 saturated carbocycles. The highest BCUT2D eigenvalue weighted by Gasteiger charge is 2.26. The fraction of sp³-hybridized carbons (Fsp3) is 0.647. The number of aryl methyl sites for hydroxylation is 2. The maximum atomic E-state index is 4.94. The van der Waals surface area contributed by atoms with E-state index in [0.29, 0.717) is 5.92 Å². The number of rotatable bonds is 4. The molecule has 1 fully saturated rings. The lowest BCUT2D eigenvalue weighted by atomic mass is 9.85. The van der Waals surface area contributed by atoms with Crippen LogP contribution in [-0.4, -0.2) is 16.5 Å². The number of anilines is 1. The summed E-state index contributed by atoms with van der Waals surface area (Å²) >= 11 is 1.92. The van der Waals surface area contributed by atoms with Crippen molar-refractivity contribution in [2.75, 3.05) is 11.9 Å². The third kappa shape index (κ3) is 2.33. The Bertz CT molecular complexity index is 658. The van der Waals surface area contributed by atoms with Gasteiger partial charge < -0.3 is 5.32 Å². The minimum atomic E-state index is 0.607. The molecule has 0 amide bonds. The van der Waals surface area contributed by atoms with Gasteiger partial charge in [-0.15, -0.1) is 11.3 Å². The van der Waals surface area contributed by atoms with Crippen LogP contribution in [0.3, 0.4) is 0 Å². The normalized spacial score (nSPS) is 18.5. The third-order valence-corrected chi connectivity index (χ3v) is 6.03. The summed E-state index contributed by atoms with van der Waals surface area (Å²) < 4.78 is 0. The molecule has 2 aromatic heterocycles. The van der Waals surface area contributed by atoms with Gasteiger partial charge in [0.1, 0.15) is 16.5 Å². The third-order valence-electron chi connectivity index (χ3n) is 4.84. The first-order valence-electron chi connectivity index (χ1n) is 8.43. The van der Waals surface area contributed by atoms with E-state index in [9.17, 15) is 0 Å². The summed E-state index contributed by atoms with van der Waals surface area (Å²) in [5.41, 5.74) is 1.54. The molecule has 0 atom stereocenters. The van der Waals surface area contributed by atoms with Gasteiger partial charge in [0.05, 0.1) is 5.39 Å². The molecular formula is C17H23N3S. The number of fused-ring (bicyclic) bond motifs is 3. The summed E-state index contributed by atoms with van der Waals surface area (Å²) in [6, 6.07) is 0. The summed E-state index contributed by atoms with van der Waals surface area (Å²) in [5.74, 6) is 2.81. The number of thiophene rings is 1. The zero-order chi connectivity index (χ0) is 14.2. The largest absolute Gasteiger partial charge is 0.369 e. The summed E-state index contributed by atoms with van der Waals surface area (Å²) in [6.45, 7) is 3.21. The topological polar surface area (TPSA) is 37.8 Å². The highest BCUT2D eigenvalue weighted by Crippen LogP contribution is 2.41. The van der Waals surface area contributed by atoms with E-state index < -0.39 is 0 Å². The van der Waals surface area contributed by atoms with Crippen LogP contribution in [0, 0.1) is 0 Å². The van der Waals surface area contributed by atoms with Crippen LogP contribution < -0.4 is 5.32 Å². The van der Waals surface area contributed by atoms with E-state index in [1.807, 2.05) is 11.3 Å². The van der Waals surface area contributed by atoms with Gasteiger partial charge in [-0.2, -0.15) is 0 Å². The molecule has 0 saturated heterocycles. The molecule has 2 aliphatic carbocycles. The van der Waals surface area contributed by atoms with E-state index in [4.69, 9.17) is 9.97 Å². The van der Waals surface area contributed by atoms with Gasteiger partial charge in [0.2, 0.25) is 0 Å². The molecule has 2 aromatic rings. The van der Waals surface area contributed by atoms with Gasteiger partial charge in [-0.05, 0) is 50.5 Å². The molecule has 3 nitrogen and oxygen atoms in total. The van der Waals surface area contributed by atoms with Gasteiger partial charge in [-0.3, -0.25) is 0 Å². The Morgan fingerprint density at radius 1 is 1.14 bits per heavy atom. The zero-order valence-corrected chi connectivity index (χ0v) is 13.6. The lowest BCUT2D eigenvalue weighted by Gasteiger charge is -2.24. The molecule has 2 aliphatic rings. The van der Waals surface area contributed by atoms with Crippen LogP contribution in [0.2, 0.25) is 0 Å². The van der Waals surface area contributed by atoms with Gasteiger partial charge in [0.25, 0.3) is 0 Å². The molecule has 2 heterocycles. The quantitative estimate of drug-likeness (QED) is 0.892. The Morgan fingerprint density at radius 3 is 2.76 bits per heavy atom. The van der Waals surface area contributed by atoms with Crippen molar-refractivity contribution < 1.29 is 0 Å². The van der Waals surface area contributed by atoms with Gasteiger partial charge in [-0.1, -0.05) is 13.3 Å². The van der Waals surface area contributed by atoms with Crippen molar-refractivity contribution in [1.29, 1.82) is 0 Å². The first kappa shape index (κ1) is 13.5. The van der Waals surface area contributed by atoms with Gasteiger partial charge in [0, 0.05) is 17.3 Å². The number of nitrogens with zero attached hydrogens (tertiary/aromatic N) is 2. The molecule has 4 rings (SSSR count). The Morgan fingerprint density at radius 2 is 2.00 bits per heavy atom. The van der Waals surface area contributed by atoms with Crippen LogP contribution in [0.1, 0.15) is 67.6 Å². The average Bonchev–Trinajstić information content (AvgIpc) is 2.81. The summed E-state index contributed by atoms with van der Waals surface area (Å²) in [5, 5.41) is 4.91. The summed E-state index contributed by atoms with van der Waals surface area (Å²) in [4.78, 5) is 12.7. The lowest BCUT2D eigenvalue weighted by molar-refractivity contribution is 0.403. The number of aromatic nitrogens is 2. The molecular weight excluding hydrogens is 278 g/mol. The van der Waals surface area contributed by atoms with Crippen molar-refractivity contribution in [3.63, 3.8) is 0 Å². The summed E-state index contributed by atoms with van der Waals surface area (Å²) in [6.07, 6.45) is 10.1. The van der Waals surface area contributed by atoms with Crippen molar-refractivity contribution >= 4 is 27.4 Å². The molecule has 21 heavy (non-hydrogen) atoms. The number of nitrogens with one attached hydrogen (secondary N) is 1. The highest BCUT2D eigenvalue weighted by atomic mass is 32.1.